The fourth-order valence-electron chi connectivity index (χ4n) is 1.40. The van der Waals surface area contributed by atoms with Crippen molar-refractivity contribution < 1.29 is 19.8 Å². The summed E-state index contributed by atoms with van der Waals surface area (Å²) in [5.41, 5.74) is 1.82. The SMILES string of the molecule is O=C(O)CC=Cc1cccc(CCC(=O)O)c1. The Morgan fingerprint density at radius 3 is 2.59 bits per heavy atom. The van der Waals surface area contributed by atoms with Crippen LogP contribution in [0.25, 0.3) is 6.08 Å². The van der Waals surface area contributed by atoms with E-state index in [1.165, 1.54) is 0 Å². The predicted molar refractivity (Wildman–Crippen MR) is 63.7 cm³/mol. The van der Waals surface area contributed by atoms with Crippen molar-refractivity contribution in [1.29, 1.82) is 0 Å². The second kappa shape index (κ2) is 6.48. The number of aryl methyl sites for hydroxylation is 1. The summed E-state index contributed by atoms with van der Waals surface area (Å²) in [6.07, 6.45) is 3.86. The van der Waals surface area contributed by atoms with Gasteiger partial charge in [-0.1, -0.05) is 36.4 Å². The first-order valence-electron chi connectivity index (χ1n) is 5.27. The van der Waals surface area contributed by atoms with Crippen LogP contribution in [0.2, 0.25) is 0 Å². The molecule has 1 rings (SSSR count). The van der Waals surface area contributed by atoms with Crippen molar-refractivity contribution in [1.82, 2.24) is 0 Å². The van der Waals surface area contributed by atoms with Crippen LogP contribution in [-0.4, -0.2) is 22.2 Å². The van der Waals surface area contributed by atoms with Crippen LogP contribution in [0.5, 0.6) is 0 Å². The first-order chi connectivity index (χ1) is 8.08. The largest absolute Gasteiger partial charge is 0.481 e. The zero-order valence-electron chi connectivity index (χ0n) is 9.30. The van der Waals surface area contributed by atoms with Gasteiger partial charge in [0.25, 0.3) is 0 Å². The van der Waals surface area contributed by atoms with Crippen molar-refractivity contribution in [2.24, 2.45) is 0 Å². The molecule has 0 amide bonds. The number of hydrogen-bond donors (Lipinski definition) is 2. The molecule has 0 unspecified atom stereocenters. The van der Waals surface area contributed by atoms with Crippen LogP contribution >= 0.6 is 0 Å². The van der Waals surface area contributed by atoms with Gasteiger partial charge in [-0.25, -0.2) is 0 Å². The van der Waals surface area contributed by atoms with E-state index in [1.807, 2.05) is 24.3 Å². The quantitative estimate of drug-likeness (QED) is 0.791. The standard InChI is InChI=1S/C13H14O4/c14-12(15)6-2-5-10-3-1-4-11(9-10)7-8-13(16)17/h1-5,9H,6-8H2,(H,14,15)(H,16,17). The van der Waals surface area contributed by atoms with Gasteiger partial charge in [-0.05, 0) is 17.5 Å². The van der Waals surface area contributed by atoms with Gasteiger partial charge >= 0.3 is 11.9 Å². The number of aliphatic carboxylic acids is 2. The minimum absolute atomic E-state index is 0.0145. The lowest BCUT2D eigenvalue weighted by atomic mass is 10.1. The predicted octanol–water partition coefficient (Wildman–Crippen LogP) is 2.19. The molecule has 2 N–H and O–H groups in total. The van der Waals surface area contributed by atoms with E-state index in [9.17, 15) is 9.59 Å². The van der Waals surface area contributed by atoms with E-state index in [0.29, 0.717) is 6.42 Å². The number of carboxylic acid groups (broad SMARTS) is 2. The Labute approximate surface area is 99.2 Å². The molecule has 0 aliphatic carbocycles. The molecule has 17 heavy (non-hydrogen) atoms. The van der Waals surface area contributed by atoms with Crippen molar-refractivity contribution >= 4 is 18.0 Å². The first kappa shape index (κ1) is 13.0. The normalized spacial score (nSPS) is 10.6. The topological polar surface area (TPSA) is 74.6 Å². The molecule has 0 radical (unpaired) electrons. The van der Waals surface area contributed by atoms with Crippen molar-refractivity contribution in [3.8, 4) is 0 Å². The Hall–Kier alpha value is -2.10. The maximum Gasteiger partial charge on any atom is 0.307 e. The third-order valence-corrected chi connectivity index (χ3v) is 2.18. The summed E-state index contributed by atoms with van der Waals surface area (Å²) in [5, 5.41) is 17.0. The van der Waals surface area contributed by atoms with Gasteiger partial charge in [0, 0.05) is 6.42 Å². The van der Waals surface area contributed by atoms with Crippen molar-refractivity contribution in [3.63, 3.8) is 0 Å². The number of benzene rings is 1. The molecular weight excluding hydrogens is 220 g/mol. The fourth-order valence-corrected chi connectivity index (χ4v) is 1.40. The highest BCUT2D eigenvalue weighted by Crippen LogP contribution is 2.09. The Morgan fingerprint density at radius 1 is 1.18 bits per heavy atom. The van der Waals surface area contributed by atoms with Gasteiger partial charge in [-0.15, -0.1) is 0 Å². The number of carboxylic acids is 2. The minimum atomic E-state index is -0.872. The van der Waals surface area contributed by atoms with E-state index in [2.05, 4.69) is 0 Å². The molecule has 0 spiro atoms. The lowest BCUT2D eigenvalue weighted by molar-refractivity contribution is -0.137. The number of rotatable bonds is 6. The Bertz CT molecular complexity index is 435. The lowest BCUT2D eigenvalue weighted by Gasteiger charge is -2.00. The van der Waals surface area contributed by atoms with Crippen LogP contribution in [0.3, 0.4) is 0 Å². The van der Waals surface area contributed by atoms with Gasteiger partial charge in [0.05, 0.1) is 6.42 Å². The Kier molecular flexibility index (Phi) is 4.94. The highest BCUT2D eigenvalue weighted by molar-refractivity contribution is 5.70. The van der Waals surface area contributed by atoms with E-state index >= 15 is 0 Å². The molecule has 0 aromatic heterocycles. The van der Waals surface area contributed by atoms with E-state index in [1.54, 1.807) is 12.2 Å². The van der Waals surface area contributed by atoms with Crippen LogP contribution < -0.4 is 0 Å². The molecule has 0 saturated heterocycles. The number of hydrogen-bond acceptors (Lipinski definition) is 2. The maximum atomic E-state index is 10.4. The van der Waals surface area contributed by atoms with Crippen LogP contribution in [0.1, 0.15) is 24.0 Å². The molecule has 0 saturated carbocycles. The average molecular weight is 234 g/mol. The van der Waals surface area contributed by atoms with Crippen molar-refractivity contribution in [3.05, 3.63) is 41.5 Å². The average Bonchev–Trinajstić information content (AvgIpc) is 2.26. The molecule has 1 aromatic rings. The first-order valence-corrected chi connectivity index (χ1v) is 5.27. The third kappa shape index (κ3) is 5.51. The molecule has 0 aliphatic heterocycles. The summed E-state index contributed by atoms with van der Waals surface area (Å²) in [4.78, 5) is 20.7. The number of carbonyl (C=O) groups is 2. The van der Waals surface area contributed by atoms with Crippen LogP contribution in [-0.2, 0) is 16.0 Å². The summed E-state index contributed by atoms with van der Waals surface area (Å²) in [6.45, 7) is 0. The molecule has 0 fully saturated rings. The minimum Gasteiger partial charge on any atom is -0.481 e. The molecule has 0 atom stereocenters. The van der Waals surface area contributed by atoms with Gasteiger partial charge < -0.3 is 10.2 Å². The molecule has 90 valence electrons. The highest BCUT2D eigenvalue weighted by Gasteiger charge is 1.99. The van der Waals surface area contributed by atoms with E-state index in [4.69, 9.17) is 10.2 Å². The fraction of sp³-hybridized carbons (Fsp3) is 0.231. The molecular formula is C13H14O4. The van der Waals surface area contributed by atoms with Crippen LogP contribution in [0.4, 0.5) is 0 Å². The van der Waals surface area contributed by atoms with Gasteiger partial charge in [0.2, 0.25) is 0 Å². The summed E-state index contributed by atoms with van der Waals surface area (Å²) in [7, 11) is 0. The van der Waals surface area contributed by atoms with Gasteiger partial charge in [0.15, 0.2) is 0 Å². The molecule has 4 nitrogen and oxygen atoms in total. The van der Waals surface area contributed by atoms with E-state index in [-0.39, 0.29) is 12.8 Å². The molecule has 0 aliphatic rings. The summed E-state index contributed by atoms with van der Waals surface area (Å²) in [6, 6.07) is 7.40. The van der Waals surface area contributed by atoms with E-state index < -0.39 is 11.9 Å². The summed E-state index contributed by atoms with van der Waals surface area (Å²) in [5.74, 6) is -1.69. The third-order valence-electron chi connectivity index (χ3n) is 2.18. The zero-order valence-corrected chi connectivity index (χ0v) is 9.30. The van der Waals surface area contributed by atoms with Gasteiger partial charge in [-0.3, -0.25) is 9.59 Å². The molecule has 4 heteroatoms. The maximum absolute atomic E-state index is 10.4. The van der Waals surface area contributed by atoms with Crippen molar-refractivity contribution in [2.45, 2.75) is 19.3 Å². The Balaban J connectivity index is 2.62. The van der Waals surface area contributed by atoms with Crippen molar-refractivity contribution in [2.75, 3.05) is 0 Å². The smallest absolute Gasteiger partial charge is 0.307 e. The van der Waals surface area contributed by atoms with Crippen LogP contribution in [0.15, 0.2) is 30.3 Å². The second-order valence-electron chi connectivity index (χ2n) is 3.64. The lowest BCUT2D eigenvalue weighted by Crippen LogP contribution is -1.97. The van der Waals surface area contributed by atoms with Gasteiger partial charge in [0.1, 0.15) is 0 Å². The molecule has 1 aromatic carbocycles. The Morgan fingerprint density at radius 2 is 1.94 bits per heavy atom. The second-order valence-corrected chi connectivity index (χ2v) is 3.64. The molecule has 0 bridgehead atoms. The molecule has 0 heterocycles. The zero-order chi connectivity index (χ0) is 12.7. The van der Waals surface area contributed by atoms with E-state index in [0.717, 1.165) is 11.1 Å². The monoisotopic (exact) mass is 234 g/mol. The highest BCUT2D eigenvalue weighted by atomic mass is 16.4. The van der Waals surface area contributed by atoms with Gasteiger partial charge in [-0.2, -0.15) is 0 Å². The summed E-state index contributed by atoms with van der Waals surface area (Å²) < 4.78 is 0. The summed E-state index contributed by atoms with van der Waals surface area (Å²) >= 11 is 0. The van der Waals surface area contributed by atoms with Crippen LogP contribution in [0, 0.1) is 0 Å².